The predicted octanol–water partition coefficient (Wildman–Crippen LogP) is 2.83. The topological polar surface area (TPSA) is 69.8 Å². The van der Waals surface area contributed by atoms with Gasteiger partial charge in [-0.25, -0.2) is 4.98 Å². The first-order valence-corrected chi connectivity index (χ1v) is 7.00. The second-order valence-corrected chi connectivity index (χ2v) is 5.28. The zero-order valence-electron chi connectivity index (χ0n) is 13.1. The molecule has 1 amide bonds. The van der Waals surface area contributed by atoms with Gasteiger partial charge in [-0.05, 0) is 25.1 Å². The van der Waals surface area contributed by atoms with Gasteiger partial charge >= 0.3 is 0 Å². The van der Waals surface area contributed by atoms with Crippen LogP contribution in [0.4, 0.5) is 0 Å². The number of carbonyl (C=O) groups excluding carboxylic acids is 1. The van der Waals surface area contributed by atoms with Crippen LogP contribution >= 0.6 is 24.8 Å². The van der Waals surface area contributed by atoms with Gasteiger partial charge in [0, 0.05) is 13.0 Å². The van der Waals surface area contributed by atoms with E-state index in [1.807, 2.05) is 31.3 Å². The summed E-state index contributed by atoms with van der Waals surface area (Å²) in [5.74, 6) is 1.13. The molecule has 0 aliphatic carbocycles. The summed E-state index contributed by atoms with van der Waals surface area (Å²) < 4.78 is 0. The molecule has 2 aromatic rings. The summed E-state index contributed by atoms with van der Waals surface area (Å²) in [5, 5.41) is 6.03. The average Bonchev–Trinajstić information content (AvgIpc) is 2.85. The van der Waals surface area contributed by atoms with Crippen molar-refractivity contribution in [1.29, 1.82) is 0 Å². The van der Waals surface area contributed by atoms with E-state index < -0.39 is 0 Å². The molecule has 1 heterocycles. The summed E-state index contributed by atoms with van der Waals surface area (Å²) in [4.78, 5) is 19.8. The van der Waals surface area contributed by atoms with Crippen molar-refractivity contribution in [2.75, 3.05) is 13.6 Å². The van der Waals surface area contributed by atoms with Crippen LogP contribution in [0.1, 0.15) is 32.1 Å². The molecule has 0 aliphatic heterocycles. The number of hydrogen-bond donors (Lipinski definition) is 3. The maximum absolute atomic E-state index is 11.9. The Labute approximate surface area is 143 Å². The van der Waals surface area contributed by atoms with Crippen LogP contribution < -0.4 is 10.6 Å². The van der Waals surface area contributed by atoms with Gasteiger partial charge in [0.1, 0.15) is 5.82 Å². The molecular formula is C15H24Cl2N4O. The lowest BCUT2D eigenvalue weighted by Gasteiger charge is -2.20. The molecule has 1 unspecified atom stereocenters. The predicted molar refractivity (Wildman–Crippen MR) is 94.9 cm³/mol. The number of aromatic nitrogens is 2. The summed E-state index contributed by atoms with van der Waals surface area (Å²) in [6.45, 7) is 4.84. The van der Waals surface area contributed by atoms with Crippen LogP contribution in [-0.4, -0.2) is 29.5 Å². The highest BCUT2D eigenvalue weighted by Crippen LogP contribution is 2.22. The summed E-state index contributed by atoms with van der Waals surface area (Å²) in [7, 11) is 1.84. The smallest absolute Gasteiger partial charge is 0.221 e. The summed E-state index contributed by atoms with van der Waals surface area (Å²) in [6.07, 6.45) is 0.472. The number of carbonyl (C=O) groups is 1. The number of nitrogens with zero attached hydrogens (tertiary/aromatic N) is 1. The van der Waals surface area contributed by atoms with E-state index in [1.54, 1.807) is 0 Å². The van der Waals surface area contributed by atoms with Crippen LogP contribution in [0.25, 0.3) is 11.0 Å². The first-order valence-electron chi connectivity index (χ1n) is 7.00. The maximum Gasteiger partial charge on any atom is 0.221 e. The molecule has 22 heavy (non-hydrogen) atoms. The Balaban J connectivity index is 0.00000220. The van der Waals surface area contributed by atoms with E-state index >= 15 is 0 Å². The van der Waals surface area contributed by atoms with E-state index in [2.05, 4.69) is 34.4 Å². The normalized spacial score (nSPS) is 11.6. The molecule has 1 aromatic heterocycles. The molecule has 1 aromatic carbocycles. The van der Waals surface area contributed by atoms with Crippen LogP contribution in [0.15, 0.2) is 24.3 Å². The third kappa shape index (κ3) is 5.16. The van der Waals surface area contributed by atoms with Crippen LogP contribution in [0.5, 0.6) is 0 Å². The van der Waals surface area contributed by atoms with Crippen molar-refractivity contribution < 1.29 is 4.79 Å². The fourth-order valence-electron chi connectivity index (χ4n) is 2.15. The van der Waals surface area contributed by atoms with Crippen LogP contribution in [0, 0.1) is 5.92 Å². The van der Waals surface area contributed by atoms with Crippen LogP contribution in [0.3, 0.4) is 0 Å². The lowest BCUT2D eigenvalue weighted by Crippen LogP contribution is -2.33. The van der Waals surface area contributed by atoms with E-state index in [4.69, 9.17) is 0 Å². The highest BCUT2D eigenvalue weighted by Gasteiger charge is 2.21. The van der Waals surface area contributed by atoms with Gasteiger partial charge in [0.2, 0.25) is 5.91 Å². The molecule has 124 valence electrons. The van der Waals surface area contributed by atoms with Crippen molar-refractivity contribution in [1.82, 2.24) is 20.6 Å². The highest BCUT2D eigenvalue weighted by molar-refractivity contribution is 5.85. The van der Waals surface area contributed by atoms with E-state index in [0.717, 1.165) is 16.9 Å². The molecule has 0 radical (unpaired) electrons. The monoisotopic (exact) mass is 346 g/mol. The molecule has 2 rings (SSSR count). The second-order valence-electron chi connectivity index (χ2n) is 5.28. The van der Waals surface area contributed by atoms with Gasteiger partial charge < -0.3 is 15.6 Å². The van der Waals surface area contributed by atoms with E-state index in [0.29, 0.717) is 13.0 Å². The minimum atomic E-state index is -0.0910. The molecular weight excluding hydrogens is 323 g/mol. The van der Waals surface area contributed by atoms with Crippen molar-refractivity contribution in [3.8, 4) is 0 Å². The summed E-state index contributed by atoms with van der Waals surface area (Å²) >= 11 is 0. The minimum absolute atomic E-state index is 0. The van der Waals surface area contributed by atoms with Gasteiger partial charge in [0.05, 0.1) is 17.1 Å². The van der Waals surface area contributed by atoms with Gasteiger partial charge in [-0.15, -0.1) is 24.8 Å². The Bertz CT molecular complexity index is 553. The lowest BCUT2D eigenvalue weighted by molar-refractivity contribution is -0.122. The van der Waals surface area contributed by atoms with Gasteiger partial charge in [-0.2, -0.15) is 0 Å². The van der Waals surface area contributed by atoms with Crippen molar-refractivity contribution >= 4 is 41.8 Å². The number of benzene rings is 1. The number of H-pyrrole nitrogens is 1. The number of para-hydroxylation sites is 2. The van der Waals surface area contributed by atoms with E-state index in [-0.39, 0.29) is 42.7 Å². The van der Waals surface area contributed by atoms with Crippen LogP contribution in [-0.2, 0) is 4.79 Å². The largest absolute Gasteiger partial charge is 0.346 e. The SMILES string of the molecule is CNCCC(=O)NC(c1nc2ccccc2[nH]1)C(C)C.Cl.Cl. The molecule has 1 atom stereocenters. The summed E-state index contributed by atoms with van der Waals surface area (Å²) in [5.41, 5.74) is 1.93. The zero-order valence-corrected chi connectivity index (χ0v) is 14.7. The molecule has 0 saturated carbocycles. The fraction of sp³-hybridized carbons (Fsp3) is 0.467. The number of imidazole rings is 1. The molecule has 3 N–H and O–H groups in total. The van der Waals surface area contributed by atoms with E-state index in [9.17, 15) is 4.79 Å². The van der Waals surface area contributed by atoms with Crippen LogP contribution in [0.2, 0.25) is 0 Å². The number of halogens is 2. The van der Waals surface area contributed by atoms with Crippen molar-refractivity contribution in [2.24, 2.45) is 5.92 Å². The Kier molecular flexibility index (Phi) is 9.09. The molecule has 5 nitrogen and oxygen atoms in total. The molecule has 0 saturated heterocycles. The standard InChI is InChI=1S/C15H22N4O.2ClH/c1-10(2)14(19-13(20)8-9-16-3)15-17-11-6-4-5-7-12(11)18-15;;/h4-7,10,14,16H,8-9H2,1-3H3,(H,17,18)(H,19,20);2*1H. The zero-order chi connectivity index (χ0) is 14.5. The van der Waals surface area contributed by atoms with Crippen molar-refractivity contribution in [2.45, 2.75) is 26.3 Å². The van der Waals surface area contributed by atoms with Crippen molar-refractivity contribution in [3.63, 3.8) is 0 Å². The van der Waals surface area contributed by atoms with Gasteiger partial charge in [0.15, 0.2) is 0 Å². The Morgan fingerprint density at radius 2 is 1.95 bits per heavy atom. The van der Waals surface area contributed by atoms with Gasteiger partial charge in [0.25, 0.3) is 0 Å². The summed E-state index contributed by atoms with van der Waals surface area (Å²) in [6, 6.07) is 7.80. The average molecular weight is 347 g/mol. The van der Waals surface area contributed by atoms with E-state index in [1.165, 1.54) is 0 Å². The molecule has 0 fully saturated rings. The molecule has 7 heteroatoms. The Morgan fingerprint density at radius 3 is 2.55 bits per heavy atom. The van der Waals surface area contributed by atoms with Gasteiger partial charge in [-0.3, -0.25) is 4.79 Å². The number of rotatable bonds is 6. The van der Waals surface area contributed by atoms with Crippen molar-refractivity contribution in [3.05, 3.63) is 30.1 Å². The third-order valence-electron chi connectivity index (χ3n) is 3.29. The molecule has 0 spiro atoms. The molecule has 0 aliphatic rings. The number of hydrogen-bond acceptors (Lipinski definition) is 3. The van der Waals surface area contributed by atoms with Gasteiger partial charge in [-0.1, -0.05) is 26.0 Å². The second kappa shape index (κ2) is 9.66. The Hall–Kier alpha value is -1.30. The third-order valence-corrected chi connectivity index (χ3v) is 3.29. The Morgan fingerprint density at radius 1 is 1.27 bits per heavy atom. The fourth-order valence-corrected chi connectivity index (χ4v) is 2.15. The minimum Gasteiger partial charge on any atom is -0.346 e. The quantitative estimate of drug-likeness (QED) is 0.753. The number of fused-ring (bicyclic) bond motifs is 1. The number of nitrogens with one attached hydrogen (secondary N) is 3. The maximum atomic E-state index is 11.9. The highest BCUT2D eigenvalue weighted by atomic mass is 35.5. The first kappa shape index (κ1) is 20.7. The number of aromatic amines is 1. The molecule has 0 bridgehead atoms. The lowest BCUT2D eigenvalue weighted by atomic mass is 10.0. The first-order chi connectivity index (χ1) is 9.61. The number of amides is 1.